The van der Waals surface area contributed by atoms with Crippen LogP contribution in [0.1, 0.15) is 5.56 Å². The first kappa shape index (κ1) is 13.2. The third-order valence-electron chi connectivity index (χ3n) is 2.35. The first-order valence-electron chi connectivity index (χ1n) is 5.24. The van der Waals surface area contributed by atoms with Crippen LogP contribution in [0.5, 0.6) is 5.75 Å². The Bertz CT molecular complexity index is 590. The SMILES string of the molecule is COc1ccc(Sc2ccc(C#N)cc2)c(I)c1. The monoisotopic (exact) mass is 367 g/mol. The molecule has 0 unspecified atom stereocenters. The van der Waals surface area contributed by atoms with E-state index < -0.39 is 0 Å². The molecule has 4 heteroatoms. The van der Waals surface area contributed by atoms with Crippen molar-refractivity contribution >= 4 is 34.4 Å². The van der Waals surface area contributed by atoms with Crippen LogP contribution in [0, 0.1) is 14.9 Å². The fourth-order valence-corrected chi connectivity index (χ4v) is 3.05. The Kier molecular flexibility index (Phi) is 4.50. The normalized spacial score (nSPS) is 9.83. The van der Waals surface area contributed by atoms with E-state index in [4.69, 9.17) is 10.00 Å². The number of rotatable bonds is 3. The molecule has 0 aliphatic heterocycles. The van der Waals surface area contributed by atoms with E-state index >= 15 is 0 Å². The zero-order chi connectivity index (χ0) is 13.0. The molecule has 0 saturated carbocycles. The standard InChI is InChI=1S/C14H10INOS/c1-17-11-4-7-14(13(15)8-11)18-12-5-2-10(9-16)3-6-12/h2-8H,1H3. The van der Waals surface area contributed by atoms with Gasteiger partial charge in [0.15, 0.2) is 0 Å². The second-order valence-corrected chi connectivity index (χ2v) is 5.81. The molecule has 0 saturated heterocycles. The van der Waals surface area contributed by atoms with Gasteiger partial charge in [0.2, 0.25) is 0 Å². The molecular weight excluding hydrogens is 357 g/mol. The second-order valence-electron chi connectivity index (χ2n) is 3.53. The number of halogens is 1. The van der Waals surface area contributed by atoms with Crippen LogP contribution < -0.4 is 4.74 Å². The van der Waals surface area contributed by atoms with Gasteiger partial charge in [0.05, 0.1) is 18.7 Å². The van der Waals surface area contributed by atoms with Gasteiger partial charge in [-0.25, -0.2) is 0 Å². The highest BCUT2D eigenvalue weighted by Gasteiger charge is 2.04. The molecule has 0 amide bonds. The van der Waals surface area contributed by atoms with Crippen molar-refractivity contribution < 1.29 is 4.74 Å². The lowest BCUT2D eigenvalue weighted by Crippen LogP contribution is -1.85. The summed E-state index contributed by atoms with van der Waals surface area (Å²) in [6, 6.07) is 15.7. The Morgan fingerprint density at radius 1 is 1.17 bits per heavy atom. The molecular formula is C14H10INOS. The zero-order valence-electron chi connectivity index (χ0n) is 9.68. The van der Waals surface area contributed by atoms with E-state index in [0.717, 1.165) is 14.2 Å². The molecule has 2 aromatic rings. The molecule has 0 atom stereocenters. The Morgan fingerprint density at radius 3 is 2.44 bits per heavy atom. The minimum atomic E-state index is 0.684. The quantitative estimate of drug-likeness (QED) is 0.758. The van der Waals surface area contributed by atoms with Crippen molar-refractivity contribution in [2.24, 2.45) is 0 Å². The van der Waals surface area contributed by atoms with Gasteiger partial charge in [-0.05, 0) is 65.1 Å². The maximum atomic E-state index is 8.75. The van der Waals surface area contributed by atoms with Crippen molar-refractivity contribution in [1.29, 1.82) is 5.26 Å². The van der Waals surface area contributed by atoms with E-state index in [1.165, 1.54) is 4.90 Å². The van der Waals surface area contributed by atoms with Gasteiger partial charge in [-0.2, -0.15) is 5.26 Å². The van der Waals surface area contributed by atoms with Crippen LogP contribution in [0.2, 0.25) is 0 Å². The summed E-state index contributed by atoms with van der Waals surface area (Å²) in [7, 11) is 1.67. The van der Waals surface area contributed by atoms with E-state index in [-0.39, 0.29) is 0 Å². The average molecular weight is 367 g/mol. The predicted octanol–water partition coefficient (Wildman–Crippen LogP) is 4.32. The number of nitriles is 1. The summed E-state index contributed by atoms with van der Waals surface area (Å²) in [5, 5.41) is 8.75. The third kappa shape index (κ3) is 3.18. The minimum absolute atomic E-state index is 0.684. The molecule has 0 radical (unpaired) electrons. The highest BCUT2D eigenvalue weighted by Crippen LogP contribution is 2.33. The third-order valence-corrected chi connectivity index (χ3v) is 4.69. The molecule has 0 heterocycles. The van der Waals surface area contributed by atoms with E-state index in [0.29, 0.717) is 5.56 Å². The van der Waals surface area contributed by atoms with E-state index in [9.17, 15) is 0 Å². The van der Waals surface area contributed by atoms with Crippen molar-refractivity contribution in [2.45, 2.75) is 9.79 Å². The fraction of sp³-hybridized carbons (Fsp3) is 0.0714. The van der Waals surface area contributed by atoms with Crippen molar-refractivity contribution in [2.75, 3.05) is 7.11 Å². The number of methoxy groups -OCH3 is 1. The molecule has 0 fully saturated rings. The number of hydrogen-bond acceptors (Lipinski definition) is 3. The van der Waals surface area contributed by atoms with Gasteiger partial charge >= 0.3 is 0 Å². The lowest BCUT2D eigenvalue weighted by atomic mass is 10.2. The molecule has 0 bridgehead atoms. The summed E-state index contributed by atoms with van der Waals surface area (Å²) in [4.78, 5) is 2.30. The smallest absolute Gasteiger partial charge is 0.119 e. The van der Waals surface area contributed by atoms with Crippen LogP contribution in [-0.4, -0.2) is 7.11 Å². The Hall–Kier alpha value is -1.19. The van der Waals surface area contributed by atoms with Gasteiger partial charge < -0.3 is 4.74 Å². The van der Waals surface area contributed by atoms with E-state index in [2.05, 4.69) is 28.7 Å². The molecule has 2 nitrogen and oxygen atoms in total. The maximum Gasteiger partial charge on any atom is 0.119 e. The van der Waals surface area contributed by atoms with Crippen molar-refractivity contribution in [3.05, 3.63) is 51.6 Å². The van der Waals surface area contributed by atoms with Crippen LogP contribution in [0.25, 0.3) is 0 Å². The maximum absolute atomic E-state index is 8.75. The number of hydrogen-bond donors (Lipinski definition) is 0. The highest BCUT2D eigenvalue weighted by molar-refractivity contribution is 14.1. The van der Waals surface area contributed by atoms with Crippen LogP contribution in [0.4, 0.5) is 0 Å². The largest absolute Gasteiger partial charge is 0.497 e. The van der Waals surface area contributed by atoms with Crippen molar-refractivity contribution in [1.82, 2.24) is 0 Å². The second kappa shape index (κ2) is 6.12. The first-order valence-corrected chi connectivity index (χ1v) is 7.14. The van der Waals surface area contributed by atoms with Gasteiger partial charge in [0, 0.05) is 13.4 Å². The van der Waals surface area contributed by atoms with Crippen LogP contribution >= 0.6 is 34.4 Å². The Labute approximate surface area is 124 Å². The summed E-state index contributed by atoms with van der Waals surface area (Å²) in [5.41, 5.74) is 0.684. The first-order chi connectivity index (χ1) is 8.72. The Balaban J connectivity index is 2.20. The summed E-state index contributed by atoms with van der Waals surface area (Å²) in [6.07, 6.45) is 0. The lowest BCUT2D eigenvalue weighted by Gasteiger charge is -2.06. The van der Waals surface area contributed by atoms with E-state index in [1.807, 2.05) is 42.5 Å². The van der Waals surface area contributed by atoms with Gasteiger partial charge in [0.25, 0.3) is 0 Å². The predicted molar refractivity (Wildman–Crippen MR) is 81.0 cm³/mol. The minimum Gasteiger partial charge on any atom is -0.497 e. The Morgan fingerprint density at radius 2 is 1.89 bits per heavy atom. The molecule has 18 heavy (non-hydrogen) atoms. The van der Waals surface area contributed by atoms with Crippen LogP contribution in [0.15, 0.2) is 52.3 Å². The number of nitrogens with zero attached hydrogens (tertiary/aromatic N) is 1. The summed E-state index contributed by atoms with van der Waals surface area (Å²) in [6.45, 7) is 0. The van der Waals surface area contributed by atoms with E-state index in [1.54, 1.807) is 18.9 Å². The summed E-state index contributed by atoms with van der Waals surface area (Å²) < 4.78 is 6.33. The molecule has 0 aromatic heterocycles. The van der Waals surface area contributed by atoms with Crippen molar-refractivity contribution in [3.63, 3.8) is 0 Å². The average Bonchev–Trinajstić information content (AvgIpc) is 2.42. The van der Waals surface area contributed by atoms with Crippen LogP contribution in [-0.2, 0) is 0 Å². The van der Waals surface area contributed by atoms with Gasteiger partial charge in [-0.3, -0.25) is 0 Å². The van der Waals surface area contributed by atoms with Gasteiger partial charge in [-0.1, -0.05) is 11.8 Å². The molecule has 0 aliphatic rings. The van der Waals surface area contributed by atoms with Crippen LogP contribution in [0.3, 0.4) is 0 Å². The van der Waals surface area contributed by atoms with Gasteiger partial charge in [-0.15, -0.1) is 0 Å². The number of ether oxygens (including phenoxy) is 1. The van der Waals surface area contributed by atoms with Crippen molar-refractivity contribution in [3.8, 4) is 11.8 Å². The number of benzene rings is 2. The fourth-order valence-electron chi connectivity index (χ4n) is 1.42. The highest BCUT2D eigenvalue weighted by atomic mass is 127. The zero-order valence-corrected chi connectivity index (χ0v) is 12.7. The molecule has 0 spiro atoms. The lowest BCUT2D eigenvalue weighted by molar-refractivity contribution is 0.414. The topological polar surface area (TPSA) is 33.0 Å². The summed E-state index contributed by atoms with van der Waals surface area (Å²) in [5.74, 6) is 0.864. The van der Waals surface area contributed by atoms with Gasteiger partial charge in [0.1, 0.15) is 5.75 Å². The molecule has 2 aromatic carbocycles. The molecule has 2 rings (SSSR count). The molecule has 0 N–H and O–H groups in total. The molecule has 90 valence electrons. The molecule has 0 aliphatic carbocycles. The summed E-state index contributed by atoms with van der Waals surface area (Å²) >= 11 is 3.98.